The zero-order chi connectivity index (χ0) is 22.7. The Bertz CT molecular complexity index is 1160. The molecule has 0 radical (unpaired) electrons. The summed E-state index contributed by atoms with van der Waals surface area (Å²) in [5.41, 5.74) is 2.98. The van der Waals surface area contributed by atoms with E-state index in [1.807, 2.05) is 42.5 Å². The molecule has 1 amide bonds. The molecule has 3 aromatic rings. The van der Waals surface area contributed by atoms with Gasteiger partial charge in [-0.3, -0.25) is 4.79 Å². The van der Waals surface area contributed by atoms with Crippen LogP contribution in [-0.4, -0.2) is 38.0 Å². The molecular formula is C25H23ClN2O4. The molecule has 3 aromatic carbocycles. The van der Waals surface area contributed by atoms with E-state index >= 15 is 0 Å². The van der Waals surface area contributed by atoms with E-state index in [2.05, 4.69) is 0 Å². The molecule has 0 saturated heterocycles. The average Bonchev–Trinajstić information content (AvgIpc) is 3.29. The number of hydrazone groups is 1. The lowest BCUT2D eigenvalue weighted by Crippen LogP contribution is -2.27. The summed E-state index contributed by atoms with van der Waals surface area (Å²) >= 11 is 6.31. The Kier molecular flexibility index (Phi) is 6.32. The van der Waals surface area contributed by atoms with Crippen LogP contribution >= 0.6 is 11.6 Å². The van der Waals surface area contributed by atoms with E-state index in [1.54, 1.807) is 45.6 Å². The van der Waals surface area contributed by atoms with Gasteiger partial charge in [0, 0.05) is 12.0 Å². The highest BCUT2D eigenvalue weighted by atomic mass is 35.5. The number of carbonyl (C=O) groups excluding carboxylic acids is 1. The van der Waals surface area contributed by atoms with Crippen LogP contribution in [-0.2, 0) is 0 Å². The summed E-state index contributed by atoms with van der Waals surface area (Å²) in [6.07, 6.45) is 0.540. The smallest absolute Gasteiger partial charge is 0.276 e. The first kappa shape index (κ1) is 21.7. The molecule has 0 aliphatic carbocycles. The first-order chi connectivity index (χ1) is 15.5. The van der Waals surface area contributed by atoms with E-state index in [9.17, 15) is 4.79 Å². The maximum Gasteiger partial charge on any atom is 0.276 e. The second kappa shape index (κ2) is 9.32. The molecule has 1 unspecified atom stereocenters. The van der Waals surface area contributed by atoms with E-state index in [1.165, 1.54) is 5.01 Å². The summed E-state index contributed by atoms with van der Waals surface area (Å²) in [7, 11) is 4.80. The highest BCUT2D eigenvalue weighted by molar-refractivity contribution is 6.33. The van der Waals surface area contributed by atoms with Gasteiger partial charge in [-0.15, -0.1) is 0 Å². The van der Waals surface area contributed by atoms with Gasteiger partial charge in [-0.05, 0) is 48.0 Å². The van der Waals surface area contributed by atoms with Crippen molar-refractivity contribution in [2.75, 3.05) is 21.3 Å². The van der Waals surface area contributed by atoms with Crippen LogP contribution in [0.25, 0.3) is 0 Å². The Morgan fingerprint density at radius 1 is 0.938 bits per heavy atom. The van der Waals surface area contributed by atoms with E-state index in [4.69, 9.17) is 30.9 Å². The van der Waals surface area contributed by atoms with E-state index in [0.29, 0.717) is 28.5 Å². The van der Waals surface area contributed by atoms with Crippen molar-refractivity contribution in [1.82, 2.24) is 5.01 Å². The summed E-state index contributed by atoms with van der Waals surface area (Å²) in [6.45, 7) is 0. The van der Waals surface area contributed by atoms with Crippen LogP contribution in [0.5, 0.6) is 17.2 Å². The lowest BCUT2D eigenvalue weighted by atomic mass is 9.97. The summed E-state index contributed by atoms with van der Waals surface area (Å²) in [6, 6.07) is 20.0. The summed E-state index contributed by atoms with van der Waals surface area (Å²) in [4.78, 5) is 13.4. The second-order valence-corrected chi connectivity index (χ2v) is 7.65. The monoisotopic (exact) mass is 450 g/mol. The molecule has 0 fully saturated rings. The molecule has 6 nitrogen and oxygen atoms in total. The quantitative estimate of drug-likeness (QED) is 0.507. The normalized spacial score (nSPS) is 15.3. The number of carbonyl (C=O) groups is 1. The first-order valence-electron chi connectivity index (χ1n) is 10.1. The molecule has 0 aromatic heterocycles. The van der Waals surface area contributed by atoms with Crippen molar-refractivity contribution in [3.63, 3.8) is 0 Å². The van der Waals surface area contributed by atoms with Crippen molar-refractivity contribution in [1.29, 1.82) is 0 Å². The molecule has 0 saturated carbocycles. The standard InChI is InChI=1S/C25H23ClN2O4/c1-30-18-11-8-16(9-12-18)22-15-21(17-10-13-23(31-2)24(14-17)32-3)27-28(22)25(29)19-6-4-5-7-20(19)26/h4-14,22H,15H2,1-3H3. The van der Waals surface area contributed by atoms with Gasteiger partial charge in [0.2, 0.25) is 0 Å². The van der Waals surface area contributed by atoms with Crippen LogP contribution in [0.2, 0.25) is 5.02 Å². The van der Waals surface area contributed by atoms with Crippen LogP contribution in [0.4, 0.5) is 0 Å². The number of methoxy groups -OCH3 is 3. The highest BCUT2D eigenvalue weighted by Crippen LogP contribution is 2.37. The Morgan fingerprint density at radius 3 is 2.31 bits per heavy atom. The van der Waals surface area contributed by atoms with Gasteiger partial charge >= 0.3 is 0 Å². The lowest BCUT2D eigenvalue weighted by molar-refractivity contribution is 0.0711. The summed E-state index contributed by atoms with van der Waals surface area (Å²) in [5, 5.41) is 6.62. The Labute approximate surface area is 192 Å². The summed E-state index contributed by atoms with van der Waals surface area (Å²) in [5.74, 6) is 1.72. The molecular weight excluding hydrogens is 428 g/mol. The minimum Gasteiger partial charge on any atom is -0.497 e. The number of rotatable bonds is 6. The fourth-order valence-electron chi connectivity index (χ4n) is 3.73. The van der Waals surface area contributed by atoms with Crippen LogP contribution in [0.15, 0.2) is 71.8 Å². The van der Waals surface area contributed by atoms with Gasteiger partial charge in [0.1, 0.15) is 5.75 Å². The molecule has 1 atom stereocenters. The molecule has 32 heavy (non-hydrogen) atoms. The third-order valence-electron chi connectivity index (χ3n) is 5.44. The Morgan fingerprint density at radius 2 is 1.66 bits per heavy atom. The van der Waals surface area contributed by atoms with Gasteiger partial charge in [-0.2, -0.15) is 5.10 Å². The van der Waals surface area contributed by atoms with E-state index < -0.39 is 0 Å². The average molecular weight is 451 g/mol. The van der Waals surface area contributed by atoms with Crippen molar-refractivity contribution in [2.24, 2.45) is 5.10 Å². The molecule has 0 N–H and O–H groups in total. The van der Waals surface area contributed by atoms with Crippen molar-refractivity contribution in [3.8, 4) is 17.2 Å². The van der Waals surface area contributed by atoms with Gasteiger partial charge < -0.3 is 14.2 Å². The number of amides is 1. The van der Waals surface area contributed by atoms with Crippen molar-refractivity contribution >= 4 is 23.2 Å². The molecule has 0 spiro atoms. The van der Waals surface area contributed by atoms with Gasteiger partial charge in [-0.1, -0.05) is 35.9 Å². The Hall–Kier alpha value is -3.51. The van der Waals surface area contributed by atoms with E-state index in [-0.39, 0.29) is 11.9 Å². The number of ether oxygens (including phenoxy) is 3. The number of halogens is 1. The predicted octanol–water partition coefficient (Wildman–Crippen LogP) is 5.36. The predicted molar refractivity (Wildman–Crippen MR) is 124 cm³/mol. The first-order valence-corrected chi connectivity index (χ1v) is 10.5. The number of hydrogen-bond donors (Lipinski definition) is 0. The fourth-order valence-corrected chi connectivity index (χ4v) is 3.95. The lowest BCUT2D eigenvalue weighted by Gasteiger charge is -2.22. The van der Waals surface area contributed by atoms with Crippen molar-refractivity contribution in [2.45, 2.75) is 12.5 Å². The topological polar surface area (TPSA) is 60.4 Å². The SMILES string of the molecule is COc1ccc(C2CC(c3ccc(OC)c(OC)c3)=NN2C(=O)c2ccccc2Cl)cc1. The second-order valence-electron chi connectivity index (χ2n) is 7.24. The molecule has 1 aliphatic rings. The minimum atomic E-state index is -0.284. The zero-order valence-corrected chi connectivity index (χ0v) is 18.8. The third kappa shape index (κ3) is 4.14. The maximum absolute atomic E-state index is 13.4. The molecule has 1 aliphatic heterocycles. The molecule has 1 heterocycles. The summed E-state index contributed by atoms with van der Waals surface area (Å²) < 4.78 is 16.1. The van der Waals surface area contributed by atoms with Crippen LogP contribution in [0, 0.1) is 0 Å². The molecule has 164 valence electrons. The van der Waals surface area contributed by atoms with Gasteiger partial charge in [0.15, 0.2) is 11.5 Å². The maximum atomic E-state index is 13.4. The van der Waals surface area contributed by atoms with Gasteiger partial charge in [0.05, 0.1) is 43.7 Å². The number of nitrogens with zero attached hydrogens (tertiary/aromatic N) is 2. The van der Waals surface area contributed by atoms with Crippen molar-refractivity contribution in [3.05, 3.63) is 88.4 Å². The Balaban J connectivity index is 1.75. The van der Waals surface area contributed by atoms with Crippen molar-refractivity contribution < 1.29 is 19.0 Å². The van der Waals surface area contributed by atoms with Crippen LogP contribution < -0.4 is 14.2 Å². The number of hydrogen-bond acceptors (Lipinski definition) is 5. The van der Waals surface area contributed by atoms with E-state index in [0.717, 1.165) is 22.6 Å². The third-order valence-corrected chi connectivity index (χ3v) is 5.77. The van der Waals surface area contributed by atoms with Gasteiger partial charge in [0.25, 0.3) is 5.91 Å². The number of benzene rings is 3. The molecule has 7 heteroatoms. The zero-order valence-electron chi connectivity index (χ0n) is 18.0. The largest absolute Gasteiger partial charge is 0.497 e. The van der Waals surface area contributed by atoms with Crippen LogP contribution in [0.1, 0.15) is 33.9 Å². The van der Waals surface area contributed by atoms with Gasteiger partial charge in [-0.25, -0.2) is 5.01 Å². The van der Waals surface area contributed by atoms with Crippen LogP contribution in [0.3, 0.4) is 0 Å². The fraction of sp³-hybridized carbons (Fsp3) is 0.200. The highest BCUT2D eigenvalue weighted by Gasteiger charge is 2.34. The molecule has 4 rings (SSSR count). The minimum absolute atomic E-state index is 0.258. The molecule has 0 bridgehead atoms.